The molecule has 2 heterocycles. The molecule has 1 aliphatic rings. The van der Waals surface area contributed by atoms with Crippen molar-refractivity contribution in [1.29, 1.82) is 0 Å². The molecule has 2 aromatic rings. The minimum atomic E-state index is -0.901. The summed E-state index contributed by atoms with van der Waals surface area (Å²) in [4.78, 5) is 42.5. The second-order valence-electron chi connectivity index (χ2n) is 6.50. The van der Waals surface area contributed by atoms with Gasteiger partial charge < -0.3 is 10.4 Å². The average molecular weight is 363 g/mol. The van der Waals surface area contributed by atoms with Crippen LogP contribution in [-0.2, 0) is 4.79 Å². The number of carboxylic acid groups (broad SMARTS) is 1. The Balaban J connectivity index is 1.91. The van der Waals surface area contributed by atoms with Crippen molar-refractivity contribution >= 4 is 28.2 Å². The third-order valence-corrected chi connectivity index (χ3v) is 5.98. The summed E-state index contributed by atoms with van der Waals surface area (Å²) < 4.78 is 1.44. The zero-order valence-corrected chi connectivity index (χ0v) is 15.1. The van der Waals surface area contributed by atoms with E-state index in [4.69, 9.17) is 0 Å². The summed E-state index contributed by atoms with van der Waals surface area (Å²) in [6, 6.07) is -0.460. The molecule has 25 heavy (non-hydrogen) atoms. The van der Waals surface area contributed by atoms with Crippen molar-refractivity contribution < 1.29 is 14.7 Å². The average Bonchev–Trinajstić information content (AvgIpc) is 2.73. The van der Waals surface area contributed by atoms with Gasteiger partial charge in [-0.1, -0.05) is 19.3 Å². The highest BCUT2D eigenvalue weighted by molar-refractivity contribution is 7.17. The fourth-order valence-electron chi connectivity index (χ4n) is 3.35. The summed E-state index contributed by atoms with van der Waals surface area (Å²) in [6.07, 6.45) is 5.10. The fourth-order valence-corrected chi connectivity index (χ4v) is 4.28. The first-order chi connectivity index (χ1) is 11.9. The van der Waals surface area contributed by atoms with E-state index >= 15 is 0 Å². The van der Waals surface area contributed by atoms with Gasteiger partial charge in [0.15, 0.2) is 4.96 Å². The van der Waals surface area contributed by atoms with E-state index in [1.165, 1.54) is 21.9 Å². The highest BCUT2D eigenvalue weighted by Gasteiger charge is 2.31. The summed E-state index contributed by atoms with van der Waals surface area (Å²) in [7, 11) is 0. The number of hydrogen-bond acceptors (Lipinski definition) is 5. The molecule has 0 saturated heterocycles. The lowest BCUT2D eigenvalue weighted by Crippen LogP contribution is -2.44. The standard InChI is InChI=1S/C17H21N3O4S/c1-9-10(2)25-17-18-8-12(15(22)20(9)17)14(21)19-13-7-5-3-4-6-11(13)16(23)24/h8,11,13H,3-7H2,1-2H3,(H,19,21)(H,23,24)/t11-,13+/m1/s1. The number of nitrogens with one attached hydrogen (secondary N) is 1. The van der Waals surface area contributed by atoms with Crippen LogP contribution in [-0.4, -0.2) is 32.4 Å². The van der Waals surface area contributed by atoms with Gasteiger partial charge in [-0.15, -0.1) is 11.3 Å². The minimum absolute atomic E-state index is 0.0493. The molecule has 1 aliphatic carbocycles. The third kappa shape index (κ3) is 3.30. The van der Waals surface area contributed by atoms with Crippen LogP contribution in [0.25, 0.3) is 4.96 Å². The highest BCUT2D eigenvalue weighted by atomic mass is 32.1. The van der Waals surface area contributed by atoms with Crippen LogP contribution in [0, 0.1) is 19.8 Å². The molecule has 1 saturated carbocycles. The Morgan fingerprint density at radius 3 is 2.72 bits per heavy atom. The molecule has 0 unspecified atom stereocenters. The normalized spacial score (nSPS) is 21.0. The summed E-state index contributed by atoms with van der Waals surface area (Å²) in [6.45, 7) is 3.71. The zero-order chi connectivity index (χ0) is 18.1. The topological polar surface area (TPSA) is 101 Å². The molecule has 0 bridgehead atoms. The van der Waals surface area contributed by atoms with Gasteiger partial charge in [0, 0.05) is 22.8 Å². The zero-order valence-electron chi connectivity index (χ0n) is 14.2. The number of carbonyl (C=O) groups excluding carboxylic acids is 1. The first-order valence-corrected chi connectivity index (χ1v) is 9.23. The van der Waals surface area contributed by atoms with Crippen LogP contribution < -0.4 is 10.9 Å². The van der Waals surface area contributed by atoms with Gasteiger partial charge in [-0.2, -0.15) is 0 Å². The molecule has 0 aliphatic heterocycles. The predicted octanol–water partition coefficient (Wildman–Crippen LogP) is 2.14. The lowest BCUT2D eigenvalue weighted by atomic mass is 9.94. The molecule has 0 aromatic carbocycles. The Kier molecular flexibility index (Phi) is 4.89. The summed E-state index contributed by atoms with van der Waals surface area (Å²) in [5, 5.41) is 12.2. The van der Waals surface area contributed by atoms with Gasteiger partial charge >= 0.3 is 5.97 Å². The number of carboxylic acids is 1. The molecule has 3 rings (SSSR count). The number of thiazole rings is 1. The van der Waals surface area contributed by atoms with E-state index in [0.717, 1.165) is 29.8 Å². The molecule has 2 N–H and O–H groups in total. The summed E-state index contributed by atoms with van der Waals surface area (Å²) in [5.74, 6) is -2.06. The smallest absolute Gasteiger partial charge is 0.308 e. The maximum atomic E-state index is 12.7. The molecule has 2 aromatic heterocycles. The van der Waals surface area contributed by atoms with E-state index in [2.05, 4.69) is 10.3 Å². The number of aryl methyl sites for hydroxylation is 2. The van der Waals surface area contributed by atoms with Gasteiger partial charge in [-0.25, -0.2) is 4.98 Å². The van der Waals surface area contributed by atoms with E-state index in [1.54, 1.807) is 0 Å². The van der Waals surface area contributed by atoms with Crippen molar-refractivity contribution in [3.8, 4) is 0 Å². The maximum absolute atomic E-state index is 12.7. The number of fused-ring (bicyclic) bond motifs is 1. The van der Waals surface area contributed by atoms with Crippen LogP contribution in [0.2, 0.25) is 0 Å². The van der Waals surface area contributed by atoms with Crippen LogP contribution in [0.15, 0.2) is 11.0 Å². The maximum Gasteiger partial charge on any atom is 0.308 e. The SMILES string of the molecule is Cc1sc2ncc(C(=O)N[C@H]3CCCCC[C@H]3C(=O)O)c(=O)n2c1C. The molecule has 8 heteroatoms. The number of aromatic nitrogens is 2. The van der Waals surface area contributed by atoms with Gasteiger partial charge in [-0.3, -0.25) is 18.8 Å². The van der Waals surface area contributed by atoms with E-state index < -0.39 is 29.4 Å². The Morgan fingerprint density at radius 2 is 2.00 bits per heavy atom. The predicted molar refractivity (Wildman–Crippen MR) is 94.3 cm³/mol. The third-order valence-electron chi connectivity index (χ3n) is 4.91. The van der Waals surface area contributed by atoms with Gasteiger partial charge in [0.05, 0.1) is 5.92 Å². The second-order valence-corrected chi connectivity index (χ2v) is 7.68. The van der Waals surface area contributed by atoms with Crippen LogP contribution in [0.4, 0.5) is 0 Å². The first kappa shape index (κ1) is 17.6. The lowest BCUT2D eigenvalue weighted by Gasteiger charge is -2.22. The van der Waals surface area contributed by atoms with E-state index in [0.29, 0.717) is 17.8 Å². The van der Waals surface area contributed by atoms with Crippen LogP contribution in [0.3, 0.4) is 0 Å². The van der Waals surface area contributed by atoms with E-state index in [1.807, 2.05) is 13.8 Å². The summed E-state index contributed by atoms with van der Waals surface area (Å²) in [5.41, 5.74) is 0.307. The molecule has 0 spiro atoms. The first-order valence-electron chi connectivity index (χ1n) is 8.41. The molecular formula is C17H21N3O4S. The molecule has 1 amide bonds. The van der Waals surface area contributed by atoms with Crippen molar-refractivity contribution in [3.05, 3.63) is 32.7 Å². The van der Waals surface area contributed by atoms with Crippen molar-refractivity contribution in [2.24, 2.45) is 5.92 Å². The van der Waals surface area contributed by atoms with Crippen molar-refractivity contribution in [2.75, 3.05) is 0 Å². The minimum Gasteiger partial charge on any atom is -0.481 e. The van der Waals surface area contributed by atoms with E-state index in [-0.39, 0.29) is 5.56 Å². The molecule has 1 fully saturated rings. The fraction of sp³-hybridized carbons (Fsp3) is 0.529. The van der Waals surface area contributed by atoms with Crippen LogP contribution in [0.1, 0.15) is 53.0 Å². The van der Waals surface area contributed by atoms with Crippen LogP contribution >= 0.6 is 11.3 Å². The summed E-state index contributed by atoms with van der Waals surface area (Å²) >= 11 is 1.40. The van der Waals surface area contributed by atoms with Crippen molar-refractivity contribution in [1.82, 2.24) is 14.7 Å². The number of rotatable bonds is 3. The Labute approximate surface area is 148 Å². The largest absolute Gasteiger partial charge is 0.481 e. The molecule has 2 atom stereocenters. The molecule has 134 valence electrons. The van der Waals surface area contributed by atoms with E-state index in [9.17, 15) is 19.5 Å². The number of hydrogen-bond donors (Lipinski definition) is 2. The number of aliphatic carboxylic acids is 1. The number of carbonyl (C=O) groups is 2. The quantitative estimate of drug-likeness (QED) is 0.814. The van der Waals surface area contributed by atoms with Gasteiger partial charge in [0.25, 0.3) is 11.5 Å². The second kappa shape index (κ2) is 6.95. The molecule has 7 nitrogen and oxygen atoms in total. The van der Waals surface area contributed by atoms with Gasteiger partial charge in [-0.05, 0) is 26.7 Å². The number of amides is 1. The van der Waals surface area contributed by atoms with Crippen molar-refractivity contribution in [2.45, 2.75) is 52.0 Å². The molecular weight excluding hydrogens is 342 g/mol. The monoisotopic (exact) mass is 363 g/mol. The van der Waals surface area contributed by atoms with Gasteiger partial charge in [0.2, 0.25) is 0 Å². The van der Waals surface area contributed by atoms with Crippen LogP contribution in [0.5, 0.6) is 0 Å². The number of nitrogens with zero attached hydrogens (tertiary/aromatic N) is 2. The lowest BCUT2D eigenvalue weighted by molar-refractivity contribution is -0.142. The van der Waals surface area contributed by atoms with Crippen molar-refractivity contribution in [3.63, 3.8) is 0 Å². The highest BCUT2D eigenvalue weighted by Crippen LogP contribution is 2.24. The Hall–Kier alpha value is -2.22. The Morgan fingerprint density at radius 1 is 1.28 bits per heavy atom. The molecule has 0 radical (unpaired) electrons. The Bertz CT molecular complexity index is 886. The van der Waals surface area contributed by atoms with Gasteiger partial charge in [0.1, 0.15) is 5.56 Å².